The molecule has 0 bridgehead atoms. The first kappa shape index (κ1) is 17.5. The highest BCUT2D eigenvalue weighted by atomic mass is 35.5. The first-order valence-corrected chi connectivity index (χ1v) is 9.19. The van der Waals surface area contributed by atoms with E-state index < -0.39 is 0 Å². The van der Waals surface area contributed by atoms with Crippen LogP contribution in [0.5, 0.6) is 0 Å². The Kier molecular flexibility index (Phi) is 4.58. The average molecular weight is 383 g/mol. The third kappa shape index (κ3) is 3.28. The minimum Gasteiger partial charge on any atom is -0.353 e. The number of benzene rings is 1. The molecule has 0 unspecified atom stereocenters. The van der Waals surface area contributed by atoms with Gasteiger partial charge in [-0.15, -0.1) is 0 Å². The van der Waals surface area contributed by atoms with Crippen molar-refractivity contribution < 1.29 is 9.59 Å². The number of carbonyl (C=O) groups is 2. The largest absolute Gasteiger partial charge is 0.353 e. The van der Waals surface area contributed by atoms with Gasteiger partial charge in [0.15, 0.2) is 0 Å². The topological polar surface area (TPSA) is 58.4 Å². The average Bonchev–Trinajstić information content (AvgIpc) is 3.07. The molecule has 3 aromatic rings. The van der Waals surface area contributed by atoms with Gasteiger partial charge in [-0.1, -0.05) is 23.7 Å². The van der Waals surface area contributed by atoms with Crippen molar-refractivity contribution in [2.75, 3.05) is 31.1 Å². The molecule has 27 heavy (non-hydrogen) atoms. The first-order valence-electron chi connectivity index (χ1n) is 8.81. The Morgan fingerprint density at radius 1 is 1.07 bits per heavy atom. The fourth-order valence-corrected chi connectivity index (χ4v) is 3.65. The van der Waals surface area contributed by atoms with E-state index >= 15 is 0 Å². The van der Waals surface area contributed by atoms with Gasteiger partial charge in [-0.25, -0.2) is 4.98 Å². The molecule has 6 nitrogen and oxygen atoms in total. The third-order valence-electron chi connectivity index (χ3n) is 4.88. The molecule has 4 rings (SSSR count). The Hall–Kier alpha value is -2.86. The van der Waals surface area contributed by atoms with Crippen LogP contribution in [-0.4, -0.2) is 52.4 Å². The number of piperazine rings is 1. The third-order valence-corrected chi connectivity index (χ3v) is 5.11. The van der Waals surface area contributed by atoms with Crippen molar-refractivity contribution in [2.45, 2.75) is 6.92 Å². The maximum absolute atomic E-state index is 13.1. The quantitative estimate of drug-likeness (QED) is 0.682. The van der Waals surface area contributed by atoms with Crippen molar-refractivity contribution in [3.05, 3.63) is 59.4 Å². The number of hydrogen-bond acceptors (Lipinski definition) is 4. The predicted molar refractivity (Wildman–Crippen MR) is 106 cm³/mol. The highest BCUT2D eigenvalue weighted by Gasteiger charge is 2.26. The molecule has 1 fully saturated rings. The van der Waals surface area contributed by atoms with Crippen molar-refractivity contribution in [1.29, 1.82) is 0 Å². The van der Waals surface area contributed by atoms with Crippen molar-refractivity contribution in [3.8, 4) is 0 Å². The lowest BCUT2D eigenvalue weighted by atomic mass is 10.1. The molecule has 1 aliphatic rings. The van der Waals surface area contributed by atoms with Gasteiger partial charge in [0, 0.05) is 55.9 Å². The zero-order valence-corrected chi connectivity index (χ0v) is 15.7. The van der Waals surface area contributed by atoms with E-state index in [1.54, 1.807) is 30.6 Å². The van der Waals surface area contributed by atoms with Gasteiger partial charge in [-0.05, 0) is 24.3 Å². The number of pyridine rings is 1. The molecule has 7 heteroatoms. The smallest absolute Gasteiger partial charge is 0.256 e. The Morgan fingerprint density at radius 3 is 2.52 bits per heavy atom. The van der Waals surface area contributed by atoms with Crippen molar-refractivity contribution in [1.82, 2.24) is 14.5 Å². The number of hydrogen-bond donors (Lipinski definition) is 0. The van der Waals surface area contributed by atoms with E-state index in [1.807, 2.05) is 23.1 Å². The molecular weight excluding hydrogens is 364 g/mol. The van der Waals surface area contributed by atoms with Gasteiger partial charge in [0.1, 0.15) is 5.82 Å². The van der Waals surface area contributed by atoms with Crippen molar-refractivity contribution >= 4 is 40.1 Å². The van der Waals surface area contributed by atoms with E-state index in [2.05, 4.69) is 9.88 Å². The van der Waals surface area contributed by atoms with Crippen LogP contribution in [0.15, 0.2) is 48.8 Å². The van der Waals surface area contributed by atoms with Crippen LogP contribution in [0, 0.1) is 0 Å². The normalized spacial score (nSPS) is 14.6. The van der Waals surface area contributed by atoms with Crippen molar-refractivity contribution in [2.24, 2.45) is 0 Å². The van der Waals surface area contributed by atoms with Gasteiger partial charge >= 0.3 is 0 Å². The van der Waals surface area contributed by atoms with Gasteiger partial charge < -0.3 is 9.80 Å². The van der Waals surface area contributed by atoms with Gasteiger partial charge in [0.25, 0.3) is 5.91 Å². The number of nitrogens with zero attached hydrogens (tertiary/aromatic N) is 4. The number of fused-ring (bicyclic) bond motifs is 1. The molecular formula is C20H19ClN4O2. The second kappa shape index (κ2) is 7.04. The van der Waals surface area contributed by atoms with Gasteiger partial charge in [0.2, 0.25) is 5.91 Å². The van der Waals surface area contributed by atoms with Crippen LogP contribution in [0.3, 0.4) is 0 Å². The molecule has 1 aromatic carbocycles. The van der Waals surface area contributed by atoms with E-state index in [9.17, 15) is 9.59 Å². The molecule has 3 heterocycles. The summed E-state index contributed by atoms with van der Waals surface area (Å²) >= 11 is 6.08. The molecule has 0 aliphatic carbocycles. The summed E-state index contributed by atoms with van der Waals surface area (Å²) in [7, 11) is 0. The zero-order valence-electron chi connectivity index (χ0n) is 14.9. The lowest BCUT2D eigenvalue weighted by Crippen LogP contribution is -2.49. The van der Waals surface area contributed by atoms with Crippen LogP contribution in [-0.2, 0) is 0 Å². The number of aromatic nitrogens is 2. The molecule has 1 amide bonds. The molecule has 2 aromatic heterocycles. The number of rotatable bonds is 2. The maximum atomic E-state index is 13.1. The fourth-order valence-electron chi connectivity index (χ4n) is 3.48. The summed E-state index contributed by atoms with van der Waals surface area (Å²) in [4.78, 5) is 33.4. The zero-order chi connectivity index (χ0) is 19.0. The Bertz CT molecular complexity index is 1010. The molecule has 0 radical (unpaired) electrons. The summed E-state index contributed by atoms with van der Waals surface area (Å²) in [6.07, 6.45) is 3.39. The summed E-state index contributed by atoms with van der Waals surface area (Å²) in [5, 5.41) is 1.28. The van der Waals surface area contributed by atoms with Crippen LogP contribution < -0.4 is 4.90 Å². The minimum absolute atomic E-state index is 0.0667. The van der Waals surface area contributed by atoms with E-state index in [0.717, 1.165) is 24.3 Å². The molecule has 0 saturated carbocycles. The Morgan fingerprint density at radius 2 is 1.85 bits per heavy atom. The second-order valence-electron chi connectivity index (χ2n) is 6.56. The van der Waals surface area contributed by atoms with E-state index in [4.69, 9.17) is 11.6 Å². The summed E-state index contributed by atoms with van der Waals surface area (Å²) < 4.78 is 1.48. The first-order chi connectivity index (χ1) is 13.0. The van der Waals surface area contributed by atoms with Gasteiger partial charge in [-0.3, -0.25) is 14.2 Å². The summed E-state index contributed by atoms with van der Waals surface area (Å²) in [5.41, 5.74) is 1.19. The highest BCUT2D eigenvalue weighted by Crippen LogP contribution is 2.26. The summed E-state index contributed by atoms with van der Waals surface area (Å²) in [5.74, 6) is 0.705. The molecule has 0 atom stereocenters. The van der Waals surface area contributed by atoms with Crippen LogP contribution >= 0.6 is 11.6 Å². The van der Waals surface area contributed by atoms with E-state index in [-0.39, 0.29) is 11.8 Å². The molecule has 1 saturated heterocycles. The standard InChI is InChI=1S/C20H19ClN4O2/c1-14(26)25-13-17(16-6-5-15(21)12-18(16)25)20(27)24-10-8-23(9-11-24)19-4-2-3-7-22-19/h2-7,12-13H,8-11H2,1H3. The van der Waals surface area contributed by atoms with E-state index in [0.29, 0.717) is 29.2 Å². The minimum atomic E-state index is -0.152. The molecule has 1 aliphatic heterocycles. The van der Waals surface area contributed by atoms with Gasteiger partial charge in [-0.2, -0.15) is 0 Å². The molecule has 138 valence electrons. The lowest BCUT2D eigenvalue weighted by Gasteiger charge is -2.35. The summed E-state index contributed by atoms with van der Waals surface area (Å²) in [6.45, 7) is 4.13. The second-order valence-corrected chi connectivity index (χ2v) is 7.00. The van der Waals surface area contributed by atoms with E-state index in [1.165, 1.54) is 11.5 Å². The Labute approximate surface area is 162 Å². The fraction of sp³-hybridized carbons (Fsp3) is 0.250. The number of carbonyl (C=O) groups excluding carboxylic acids is 2. The van der Waals surface area contributed by atoms with Crippen LogP contribution in [0.1, 0.15) is 22.1 Å². The number of amides is 1. The number of anilines is 1. The Balaban J connectivity index is 1.58. The SMILES string of the molecule is CC(=O)n1cc(C(=O)N2CCN(c3ccccn3)CC2)c2ccc(Cl)cc21. The maximum Gasteiger partial charge on any atom is 0.256 e. The predicted octanol–water partition coefficient (Wildman–Crippen LogP) is 3.31. The van der Waals surface area contributed by atoms with Crippen LogP contribution in [0.4, 0.5) is 5.82 Å². The monoisotopic (exact) mass is 382 g/mol. The highest BCUT2D eigenvalue weighted by molar-refractivity contribution is 6.31. The molecule has 0 spiro atoms. The van der Waals surface area contributed by atoms with Crippen LogP contribution in [0.2, 0.25) is 5.02 Å². The number of halogens is 1. The lowest BCUT2D eigenvalue weighted by molar-refractivity contribution is 0.0748. The van der Waals surface area contributed by atoms with Crippen molar-refractivity contribution in [3.63, 3.8) is 0 Å². The van der Waals surface area contributed by atoms with Gasteiger partial charge in [0.05, 0.1) is 11.1 Å². The summed E-state index contributed by atoms with van der Waals surface area (Å²) in [6, 6.07) is 11.1. The molecule has 0 N–H and O–H groups in total. The van der Waals surface area contributed by atoms with Crippen LogP contribution in [0.25, 0.3) is 10.9 Å².